The highest BCUT2D eigenvalue weighted by atomic mass is 16.5. The lowest BCUT2D eigenvalue weighted by atomic mass is 10.2. The van der Waals surface area contributed by atoms with Gasteiger partial charge in [-0.25, -0.2) is 0 Å². The molecule has 1 aromatic carbocycles. The van der Waals surface area contributed by atoms with Crippen molar-refractivity contribution in [3.8, 4) is 0 Å². The number of aliphatic hydroxyl groups is 1. The van der Waals surface area contributed by atoms with Crippen molar-refractivity contribution in [2.45, 2.75) is 32.5 Å². The highest BCUT2D eigenvalue weighted by Crippen LogP contribution is 2.11. The average molecular weight is 237 g/mol. The molecular formula is C13H19NO3. The molecule has 1 unspecified atom stereocenters. The van der Waals surface area contributed by atoms with Gasteiger partial charge in [-0.15, -0.1) is 0 Å². The van der Waals surface area contributed by atoms with Gasteiger partial charge in [0.25, 0.3) is 0 Å². The Morgan fingerprint density at radius 3 is 2.94 bits per heavy atom. The predicted octanol–water partition coefficient (Wildman–Crippen LogP) is 1.93. The highest BCUT2D eigenvalue weighted by molar-refractivity contribution is 5.90. The number of hydrogen-bond acceptors (Lipinski definition) is 3. The first-order chi connectivity index (χ1) is 8.15. The summed E-state index contributed by atoms with van der Waals surface area (Å²) < 4.78 is 5.07. The normalized spacial score (nSPS) is 12.2. The molecule has 0 spiro atoms. The van der Waals surface area contributed by atoms with Gasteiger partial charge in [-0.2, -0.15) is 0 Å². The van der Waals surface area contributed by atoms with Crippen LogP contribution in [0, 0.1) is 0 Å². The van der Waals surface area contributed by atoms with Gasteiger partial charge in [0.2, 0.25) is 5.91 Å². The number of hydrogen-bond donors (Lipinski definition) is 2. The minimum atomic E-state index is -0.0380. The third-order valence-electron chi connectivity index (χ3n) is 2.57. The van der Waals surface area contributed by atoms with Crippen LogP contribution in [0.5, 0.6) is 0 Å². The Morgan fingerprint density at radius 2 is 2.29 bits per heavy atom. The van der Waals surface area contributed by atoms with E-state index in [4.69, 9.17) is 9.84 Å². The van der Waals surface area contributed by atoms with E-state index in [-0.39, 0.29) is 18.6 Å². The van der Waals surface area contributed by atoms with Crippen LogP contribution in [0.2, 0.25) is 0 Å². The molecule has 94 valence electrons. The third-order valence-corrected chi connectivity index (χ3v) is 2.57. The smallest absolute Gasteiger partial charge is 0.224 e. The van der Waals surface area contributed by atoms with Crippen molar-refractivity contribution in [1.82, 2.24) is 0 Å². The molecule has 2 N–H and O–H groups in total. The van der Waals surface area contributed by atoms with Crippen LogP contribution in [0.4, 0.5) is 5.69 Å². The van der Waals surface area contributed by atoms with Crippen molar-refractivity contribution < 1.29 is 14.6 Å². The Bertz CT molecular complexity index is 365. The lowest BCUT2D eigenvalue weighted by Gasteiger charge is -2.09. The monoisotopic (exact) mass is 237 g/mol. The van der Waals surface area contributed by atoms with Gasteiger partial charge in [0.15, 0.2) is 0 Å². The summed E-state index contributed by atoms with van der Waals surface area (Å²) in [5, 5.41) is 11.8. The first-order valence-electron chi connectivity index (χ1n) is 5.68. The molecule has 4 heteroatoms. The van der Waals surface area contributed by atoms with E-state index >= 15 is 0 Å². The number of benzene rings is 1. The SMILES string of the molecule is COC(C)CCC(=O)Nc1cccc(CO)c1. The largest absolute Gasteiger partial charge is 0.392 e. The Hall–Kier alpha value is -1.39. The number of carbonyl (C=O) groups is 1. The standard InChI is InChI=1S/C13H19NO3/c1-10(17-2)6-7-13(16)14-12-5-3-4-11(8-12)9-15/h3-5,8,10,15H,6-7,9H2,1-2H3,(H,14,16). The van der Waals surface area contributed by atoms with Gasteiger partial charge < -0.3 is 15.2 Å². The molecule has 0 saturated heterocycles. The van der Waals surface area contributed by atoms with Crippen molar-refractivity contribution in [3.63, 3.8) is 0 Å². The molecule has 0 radical (unpaired) electrons. The Labute approximate surface area is 102 Å². The van der Waals surface area contributed by atoms with E-state index in [0.29, 0.717) is 18.5 Å². The van der Waals surface area contributed by atoms with Gasteiger partial charge in [0.1, 0.15) is 0 Å². The number of rotatable bonds is 6. The van der Waals surface area contributed by atoms with E-state index in [1.807, 2.05) is 13.0 Å². The zero-order chi connectivity index (χ0) is 12.7. The van der Waals surface area contributed by atoms with E-state index < -0.39 is 0 Å². The third kappa shape index (κ3) is 4.97. The van der Waals surface area contributed by atoms with E-state index in [1.54, 1.807) is 25.3 Å². The maximum absolute atomic E-state index is 11.6. The number of methoxy groups -OCH3 is 1. The average Bonchev–Trinajstić information content (AvgIpc) is 2.36. The predicted molar refractivity (Wildman–Crippen MR) is 66.7 cm³/mol. The van der Waals surface area contributed by atoms with E-state index in [0.717, 1.165) is 5.56 Å². The Kier molecular flexibility index (Phi) is 5.66. The molecule has 1 amide bonds. The van der Waals surface area contributed by atoms with Crippen LogP contribution in [-0.2, 0) is 16.1 Å². The fourth-order valence-corrected chi connectivity index (χ4v) is 1.42. The fraction of sp³-hybridized carbons (Fsp3) is 0.462. The first kappa shape index (κ1) is 13.7. The van der Waals surface area contributed by atoms with Crippen molar-refractivity contribution >= 4 is 11.6 Å². The van der Waals surface area contributed by atoms with Crippen LogP contribution in [-0.4, -0.2) is 24.2 Å². The number of aliphatic hydroxyl groups excluding tert-OH is 1. The summed E-state index contributed by atoms with van der Waals surface area (Å²) in [6, 6.07) is 7.18. The summed E-state index contributed by atoms with van der Waals surface area (Å²) in [4.78, 5) is 11.6. The quantitative estimate of drug-likeness (QED) is 0.794. The lowest BCUT2D eigenvalue weighted by molar-refractivity contribution is -0.116. The van der Waals surface area contributed by atoms with Gasteiger partial charge in [-0.1, -0.05) is 12.1 Å². The maximum Gasteiger partial charge on any atom is 0.224 e. The summed E-state index contributed by atoms with van der Waals surface area (Å²) in [5.74, 6) is -0.0380. The van der Waals surface area contributed by atoms with Gasteiger partial charge in [0, 0.05) is 19.2 Å². The van der Waals surface area contributed by atoms with Crippen LogP contribution in [0.25, 0.3) is 0 Å². The summed E-state index contributed by atoms with van der Waals surface area (Å²) >= 11 is 0. The molecule has 0 aromatic heterocycles. The van der Waals surface area contributed by atoms with Crippen molar-refractivity contribution in [1.29, 1.82) is 0 Å². The molecule has 0 aliphatic rings. The fourth-order valence-electron chi connectivity index (χ4n) is 1.42. The molecule has 1 rings (SSSR count). The minimum absolute atomic E-state index is 0.0234. The molecule has 4 nitrogen and oxygen atoms in total. The van der Waals surface area contributed by atoms with Gasteiger partial charge in [0.05, 0.1) is 12.7 Å². The number of ether oxygens (including phenoxy) is 1. The van der Waals surface area contributed by atoms with Crippen molar-refractivity contribution in [2.75, 3.05) is 12.4 Å². The molecular weight excluding hydrogens is 218 g/mol. The van der Waals surface area contributed by atoms with Gasteiger partial charge in [-0.05, 0) is 31.0 Å². The van der Waals surface area contributed by atoms with Crippen LogP contribution in [0.15, 0.2) is 24.3 Å². The molecule has 0 saturated carbocycles. The molecule has 0 aliphatic carbocycles. The molecule has 1 aromatic rings. The topological polar surface area (TPSA) is 58.6 Å². The van der Waals surface area contributed by atoms with Crippen LogP contribution < -0.4 is 5.32 Å². The summed E-state index contributed by atoms with van der Waals surface area (Å²) in [5.41, 5.74) is 1.50. The summed E-state index contributed by atoms with van der Waals surface area (Å²) in [6.07, 6.45) is 1.21. The summed E-state index contributed by atoms with van der Waals surface area (Å²) in [7, 11) is 1.63. The van der Waals surface area contributed by atoms with Crippen LogP contribution >= 0.6 is 0 Å². The summed E-state index contributed by atoms with van der Waals surface area (Å²) in [6.45, 7) is 1.91. The second-order valence-electron chi connectivity index (χ2n) is 3.99. The van der Waals surface area contributed by atoms with Gasteiger partial charge >= 0.3 is 0 Å². The molecule has 17 heavy (non-hydrogen) atoms. The second-order valence-corrected chi connectivity index (χ2v) is 3.99. The van der Waals surface area contributed by atoms with Crippen LogP contribution in [0.1, 0.15) is 25.3 Å². The molecule has 0 heterocycles. The van der Waals surface area contributed by atoms with E-state index in [2.05, 4.69) is 5.32 Å². The van der Waals surface area contributed by atoms with Crippen LogP contribution in [0.3, 0.4) is 0 Å². The number of carbonyl (C=O) groups excluding carboxylic acids is 1. The molecule has 0 aliphatic heterocycles. The highest BCUT2D eigenvalue weighted by Gasteiger charge is 2.06. The first-order valence-corrected chi connectivity index (χ1v) is 5.68. The Balaban J connectivity index is 2.44. The lowest BCUT2D eigenvalue weighted by Crippen LogP contribution is -2.15. The molecule has 1 atom stereocenters. The molecule has 0 bridgehead atoms. The van der Waals surface area contributed by atoms with Gasteiger partial charge in [-0.3, -0.25) is 4.79 Å². The zero-order valence-electron chi connectivity index (χ0n) is 10.3. The number of anilines is 1. The number of amides is 1. The molecule has 0 fully saturated rings. The Morgan fingerprint density at radius 1 is 1.53 bits per heavy atom. The maximum atomic E-state index is 11.6. The van der Waals surface area contributed by atoms with E-state index in [1.165, 1.54) is 0 Å². The van der Waals surface area contributed by atoms with Crippen molar-refractivity contribution in [3.05, 3.63) is 29.8 Å². The minimum Gasteiger partial charge on any atom is -0.392 e. The second kappa shape index (κ2) is 7.04. The number of nitrogens with one attached hydrogen (secondary N) is 1. The zero-order valence-corrected chi connectivity index (χ0v) is 10.3. The van der Waals surface area contributed by atoms with E-state index in [9.17, 15) is 4.79 Å². The van der Waals surface area contributed by atoms with Crippen molar-refractivity contribution in [2.24, 2.45) is 0 Å².